The summed E-state index contributed by atoms with van der Waals surface area (Å²) in [5, 5.41) is 2.89. The smallest absolute Gasteiger partial charge is 0.272 e. The van der Waals surface area contributed by atoms with E-state index in [0.29, 0.717) is 23.5 Å². The van der Waals surface area contributed by atoms with Gasteiger partial charge in [-0.3, -0.25) is 9.59 Å². The highest BCUT2D eigenvalue weighted by Crippen LogP contribution is 2.19. The van der Waals surface area contributed by atoms with Crippen LogP contribution in [0.2, 0.25) is 0 Å². The number of likely N-dealkylation sites (tertiary alicyclic amines) is 1. The molecule has 0 radical (unpaired) electrons. The third kappa shape index (κ3) is 4.12. The molecule has 0 aliphatic carbocycles. The molecule has 132 valence electrons. The molecule has 1 aromatic carbocycles. The average molecular weight is 404 g/mol. The Hall–Kier alpha value is -2.08. The molecule has 1 fully saturated rings. The van der Waals surface area contributed by atoms with E-state index in [4.69, 9.17) is 0 Å². The summed E-state index contributed by atoms with van der Waals surface area (Å²) in [5.41, 5.74) is 1.83. The lowest BCUT2D eigenvalue weighted by atomic mass is 10.1. The van der Waals surface area contributed by atoms with E-state index in [1.165, 1.54) is 6.42 Å². The number of nitrogens with one attached hydrogen (secondary N) is 1. The Balaban J connectivity index is 1.75. The molecule has 5 nitrogen and oxygen atoms in total. The maximum Gasteiger partial charge on any atom is 0.272 e. The number of hydrogen-bond acceptors (Lipinski definition) is 2. The highest BCUT2D eigenvalue weighted by Gasteiger charge is 2.19. The molecule has 2 amide bonds. The van der Waals surface area contributed by atoms with Crippen LogP contribution in [0.4, 0.5) is 5.69 Å². The van der Waals surface area contributed by atoms with E-state index < -0.39 is 0 Å². The van der Waals surface area contributed by atoms with Gasteiger partial charge in [-0.25, -0.2) is 0 Å². The summed E-state index contributed by atoms with van der Waals surface area (Å²) >= 11 is 3.40. The second-order valence-corrected chi connectivity index (χ2v) is 7.13. The van der Waals surface area contributed by atoms with Crippen LogP contribution in [-0.4, -0.2) is 34.4 Å². The highest BCUT2D eigenvalue weighted by atomic mass is 79.9. The van der Waals surface area contributed by atoms with Gasteiger partial charge in [0, 0.05) is 41.6 Å². The molecule has 1 aliphatic rings. The fourth-order valence-electron chi connectivity index (χ4n) is 3.13. The molecule has 3 rings (SSSR count). The number of hydrogen-bond donors (Lipinski definition) is 1. The summed E-state index contributed by atoms with van der Waals surface area (Å²) in [6.07, 6.45) is 5.19. The molecule has 2 heterocycles. The van der Waals surface area contributed by atoms with Crippen LogP contribution in [0.1, 0.15) is 47.0 Å². The fraction of sp³-hybridized carbons (Fsp3) is 0.368. The van der Waals surface area contributed by atoms with Gasteiger partial charge in [0.25, 0.3) is 11.8 Å². The molecule has 1 aromatic heterocycles. The minimum absolute atomic E-state index is 0.0375. The van der Waals surface area contributed by atoms with Crippen LogP contribution >= 0.6 is 15.9 Å². The number of nitrogens with zero attached hydrogens (tertiary/aromatic N) is 2. The van der Waals surface area contributed by atoms with Crippen LogP contribution in [0.15, 0.2) is 41.0 Å². The number of piperidine rings is 1. The molecule has 0 unspecified atom stereocenters. The van der Waals surface area contributed by atoms with Gasteiger partial charge in [-0.05, 0) is 66.4 Å². The van der Waals surface area contributed by atoms with E-state index in [0.717, 1.165) is 30.4 Å². The van der Waals surface area contributed by atoms with Crippen LogP contribution in [0.3, 0.4) is 0 Å². The number of aryl methyl sites for hydroxylation is 1. The zero-order valence-corrected chi connectivity index (χ0v) is 15.9. The second-order valence-electron chi connectivity index (χ2n) is 6.22. The maximum absolute atomic E-state index is 12.6. The van der Waals surface area contributed by atoms with Crippen molar-refractivity contribution in [1.29, 1.82) is 0 Å². The van der Waals surface area contributed by atoms with Crippen molar-refractivity contribution in [3.8, 4) is 0 Å². The molecule has 0 bridgehead atoms. The zero-order chi connectivity index (χ0) is 17.8. The standard InChI is InChI=1S/C19H22BrN3O2/c1-2-22-13-15(20)12-17(22)18(24)21-16-8-6-7-14(11-16)19(25)23-9-4-3-5-10-23/h6-8,11-13H,2-5,9-10H2,1H3,(H,21,24). The largest absolute Gasteiger partial charge is 0.343 e. The number of carbonyl (C=O) groups excluding carboxylic acids is 2. The molecule has 1 saturated heterocycles. The normalized spacial score (nSPS) is 14.4. The first kappa shape index (κ1) is 17.7. The Bertz CT molecular complexity index is 779. The average Bonchev–Trinajstić information content (AvgIpc) is 3.03. The van der Waals surface area contributed by atoms with Gasteiger partial charge in [0.15, 0.2) is 0 Å². The van der Waals surface area contributed by atoms with Crippen molar-refractivity contribution in [3.63, 3.8) is 0 Å². The quantitative estimate of drug-likeness (QED) is 0.833. The van der Waals surface area contributed by atoms with Crippen LogP contribution in [-0.2, 0) is 6.54 Å². The first-order valence-corrected chi connectivity index (χ1v) is 9.44. The van der Waals surface area contributed by atoms with Gasteiger partial charge in [0.05, 0.1) is 0 Å². The zero-order valence-electron chi connectivity index (χ0n) is 14.3. The Morgan fingerprint density at radius 3 is 2.64 bits per heavy atom. The first-order chi connectivity index (χ1) is 12.1. The third-order valence-electron chi connectivity index (χ3n) is 4.45. The fourth-order valence-corrected chi connectivity index (χ4v) is 3.60. The van der Waals surface area contributed by atoms with Gasteiger partial charge in [0.1, 0.15) is 5.69 Å². The summed E-state index contributed by atoms with van der Waals surface area (Å²) in [6, 6.07) is 8.96. The SMILES string of the molecule is CCn1cc(Br)cc1C(=O)Nc1cccc(C(=O)N2CCCCC2)c1. The molecular weight excluding hydrogens is 382 g/mol. The first-order valence-electron chi connectivity index (χ1n) is 8.65. The minimum atomic E-state index is -0.185. The van der Waals surface area contributed by atoms with E-state index in [1.54, 1.807) is 24.3 Å². The number of amides is 2. The molecule has 0 saturated carbocycles. The Morgan fingerprint density at radius 2 is 1.92 bits per heavy atom. The molecule has 1 aliphatic heterocycles. The van der Waals surface area contributed by atoms with Crippen molar-refractivity contribution in [1.82, 2.24) is 9.47 Å². The predicted octanol–water partition coefficient (Wildman–Crippen LogP) is 4.15. The highest BCUT2D eigenvalue weighted by molar-refractivity contribution is 9.10. The molecule has 1 N–H and O–H groups in total. The van der Waals surface area contributed by atoms with Gasteiger partial charge in [-0.1, -0.05) is 6.07 Å². The maximum atomic E-state index is 12.6. The van der Waals surface area contributed by atoms with Crippen molar-refractivity contribution < 1.29 is 9.59 Å². The van der Waals surface area contributed by atoms with Crippen molar-refractivity contribution in [2.75, 3.05) is 18.4 Å². The summed E-state index contributed by atoms with van der Waals surface area (Å²) in [4.78, 5) is 27.0. The Morgan fingerprint density at radius 1 is 1.16 bits per heavy atom. The van der Waals surface area contributed by atoms with E-state index in [9.17, 15) is 9.59 Å². The molecule has 2 aromatic rings. The van der Waals surface area contributed by atoms with Crippen molar-refractivity contribution in [2.24, 2.45) is 0 Å². The van der Waals surface area contributed by atoms with E-state index in [-0.39, 0.29) is 11.8 Å². The number of rotatable bonds is 4. The number of benzene rings is 1. The Labute approximate surface area is 156 Å². The monoisotopic (exact) mass is 403 g/mol. The molecule has 0 atom stereocenters. The second kappa shape index (κ2) is 7.87. The molecule has 0 spiro atoms. The lowest BCUT2D eigenvalue weighted by Crippen LogP contribution is -2.35. The number of halogens is 1. The summed E-state index contributed by atoms with van der Waals surface area (Å²) in [5.74, 6) is -0.148. The summed E-state index contributed by atoms with van der Waals surface area (Å²) in [6.45, 7) is 4.32. The van der Waals surface area contributed by atoms with Gasteiger partial charge in [-0.2, -0.15) is 0 Å². The number of anilines is 1. The summed E-state index contributed by atoms with van der Waals surface area (Å²) in [7, 11) is 0. The lowest BCUT2D eigenvalue weighted by molar-refractivity contribution is 0.0724. The molecular formula is C19H22BrN3O2. The topological polar surface area (TPSA) is 54.3 Å². The summed E-state index contributed by atoms with van der Waals surface area (Å²) < 4.78 is 2.75. The third-order valence-corrected chi connectivity index (χ3v) is 4.88. The van der Waals surface area contributed by atoms with Crippen LogP contribution in [0.5, 0.6) is 0 Å². The van der Waals surface area contributed by atoms with E-state index >= 15 is 0 Å². The van der Waals surface area contributed by atoms with Crippen LogP contribution < -0.4 is 5.32 Å². The number of carbonyl (C=O) groups is 2. The van der Waals surface area contributed by atoms with Crippen molar-refractivity contribution >= 4 is 33.4 Å². The van der Waals surface area contributed by atoms with Crippen molar-refractivity contribution in [2.45, 2.75) is 32.7 Å². The number of aromatic nitrogens is 1. The Kier molecular flexibility index (Phi) is 5.58. The van der Waals surface area contributed by atoms with Gasteiger partial charge in [0.2, 0.25) is 0 Å². The van der Waals surface area contributed by atoms with Crippen LogP contribution in [0, 0.1) is 0 Å². The lowest BCUT2D eigenvalue weighted by Gasteiger charge is -2.26. The van der Waals surface area contributed by atoms with Gasteiger partial charge < -0.3 is 14.8 Å². The van der Waals surface area contributed by atoms with E-state index in [2.05, 4.69) is 21.2 Å². The van der Waals surface area contributed by atoms with E-state index in [1.807, 2.05) is 28.7 Å². The van der Waals surface area contributed by atoms with Gasteiger partial charge >= 0.3 is 0 Å². The van der Waals surface area contributed by atoms with Crippen LogP contribution in [0.25, 0.3) is 0 Å². The minimum Gasteiger partial charge on any atom is -0.343 e. The molecule has 6 heteroatoms. The van der Waals surface area contributed by atoms with Crippen molar-refractivity contribution in [3.05, 3.63) is 52.3 Å². The predicted molar refractivity (Wildman–Crippen MR) is 102 cm³/mol. The van der Waals surface area contributed by atoms with Gasteiger partial charge in [-0.15, -0.1) is 0 Å². The molecule has 25 heavy (non-hydrogen) atoms.